The highest BCUT2D eigenvalue weighted by Gasteiger charge is 2.47. The average Bonchev–Trinajstić information content (AvgIpc) is 2.33. The summed E-state index contributed by atoms with van der Waals surface area (Å²) in [7, 11) is 0. The minimum absolute atomic E-state index is 0.113. The van der Waals surface area contributed by atoms with Gasteiger partial charge < -0.3 is 14.7 Å². The number of ether oxygens (including phenoxy) is 1. The number of rotatable bonds is 3. The molecule has 0 aromatic heterocycles. The van der Waals surface area contributed by atoms with Crippen LogP contribution in [0.2, 0.25) is 0 Å². The summed E-state index contributed by atoms with van der Waals surface area (Å²) >= 11 is 0. The normalized spacial score (nSPS) is 32.7. The maximum Gasteiger partial charge on any atom is 0.410 e. The number of allylic oxidation sites excluding steroid dienone is 1. The molecule has 1 amide bonds. The third kappa shape index (κ3) is 4.00. The van der Waals surface area contributed by atoms with Crippen molar-refractivity contribution in [3.8, 4) is 0 Å². The fourth-order valence-corrected chi connectivity index (χ4v) is 3.71. The number of carbonyl (C=O) groups is 1. The van der Waals surface area contributed by atoms with Crippen molar-refractivity contribution in [1.29, 1.82) is 0 Å². The first-order chi connectivity index (χ1) is 9.74. The Labute approximate surface area is 128 Å². The van der Waals surface area contributed by atoms with Gasteiger partial charge >= 0.3 is 6.09 Å². The van der Waals surface area contributed by atoms with Gasteiger partial charge in [-0.1, -0.05) is 6.08 Å². The number of piperidine rings is 2. The molecule has 21 heavy (non-hydrogen) atoms. The summed E-state index contributed by atoms with van der Waals surface area (Å²) in [6.45, 7) is 9.42. The molecule has 0 aliphatic carbocycles. The maximum absolute atomic E-state index is 12.5. The molecule has 2 rings (SSSR count). The zero-order valence-electron chi connectivity index (χ0n) is 13.6. The molecule has 2 unspecified atom stereocenters. The highest BCUT2D eigenvalue weighted by Crippen LogP contribution is 2.41. The third-order valence-corrected chi connectivity index (χ3v) is 4.51. The molecule has 2 bridgehead atoms. The van der Waals surface area contributed by atoms with Crippen LogP contribution in [0.3, 0.4) is 0 Å². The molecule has 120 valence electrons. The number of amides is 1. The largest absolute Gasteiger partial charge is 0.444 e. The predicted octanol–water partition coefficient (Wildman–Crippen LogP) is 3.64. The molecule has 2 heterocycles. The van der Waals surface area contributed by atoms with Crippen LogP contribution in [0.15, 0.2) is 12.7 Å². The van der Waals surface area contributed by atoms with E-state index in [1.807, 2.05) is 31.7 Å². The second kappa shape index (κ2) is 5.99. The SMILES string of the molecule is C=CCCC1(O)CC2CCCC(C1)N2C(=O)OC(C)(C)C. The summed E-state index contributed by atoms with van der Waals surface area (Å²) in [5.41, 5.74) is -1.12. The summed E-state index contributed by atoms with van der Waals surface area (Å²) in [5.74, 6) is 0. The zero-order valence-corrected chi connectivity index (χ0v) is 13.6. The Bertz CT molecular complexity index is 385. The first-order valence-corrected chi connectivity index (χ1v) is 8.09. The summed E-state index contributed by atoms with van der Waals surface area (Å²) in [4.78, 5) is 14.4. The molecule has 1 N–H and O–H groups in total. The van der Waals surface area contributed by atoms with E-state index in [-0.39, 0.29) is 18.2 Å². The Morgan fingerprint density at radius 2 is 1.95 bits per heavy atom. The van der Waals surface area contributed by atoms with E-state index < -0.39 is 11.2 Å². The zero-order chi connectivity index (χ0) is 15.7. The van der Waals surface area contributed by atoms with Crippen LogP contribution in [0.5, 0.6) is 0 Å². The lowest BCUT2D eigenvalue weighted by Gasteiger charge is -2.51. The van der Waals surface area contributed by atoms with Gasteiger partial charge in [-0.15, -0.1) is 6.58 Å². The van der Waals surface area contributed by atoms with E-state index in [4.69, 9.17) is 4.74 Å². The van der Waals surface area contributed by atoms with Gasteiger partial charge in [0.25, 0.3) is 0 Å². The van der Waals surface area contributed by atoms with E-state index in [1.54, 1.807) is 0 Å². The Hall–Kier alpha value is -1.03. The van der Waals surface area contributed by atoms with Gasteiger partial charge in [-0.3, -0.25) is 0 Å². The molecule has 0 spiro atoms. The minimum atomic E-state index is -0.650. The fraction of sp³-hybridized carbons (Fsp3) is 0.824. The van der Waals surface area contributed by atoms with Crippen molar-refractivity contribution in [2.24, 2.45) is 0 Å². The monoisotopic (exact) mass is 295 g/mol. The van der Waals surface area contributed by atoms with E-state index in [2.05, 4.69) is 6.58 Å². The highest BCUT2D eigenvalue weighted by atomic mass is 16.6. The molecule has 0 aromatic carbocycles. The van der Waals surface area contributed by atoms with Crippen LogP contribution in [0.25, 0.3) is 0 Å². The first-order valence-electron chi connectivity index (χ1n) is 8.09. The summed E-state index contributed by atoms with van der Waals surface area (Å²) < 4.78 is 5.55. The molecule has 2 aliphatic rings. The van der Waals surface area contributed by atoms with Gasteiger partial charge in [-0.05, 0) is 65.7 Å². The smallest absolute Gasteiger partial charge is 0.410 e. The van der Waals surface area contributed by atoms with E-state index in [0.29, 0.717) is 12.8 Å². The standard InChI is InChI=1S/C17H29NO3/c1-5-6-10-17(20)11-13-8-7-9-14(12-17)18(13)15(19)21-16(2,3)4/h5,13-14,20H,1,6-12H2,2-4H3. The highest BCUT2D eigenvalue weighted by molar-refractivity contribution is 5.69. The lowest BCUT2D eigenvalue weighted by Crippen LogP contribution is -2.60. The number of carbonyl (C=O) groups excluding carboxylic acids is 1. The van der Waals surface area contributed by atoms with E-state index >= 15 is 0 Å². The lowest BCUT2D eigenvalue weighted by molar-refractivity contribution is -0.0953. The molecule has 0 saturated carbocycles. The summed E-state index contributed by atoms with van der Waals surface area (Å²) in [6, 6.07) is 0.226. The molecule has 0 aromatic rings. The summed E-state index contributed by atoms with van der Waals surface area (Å²) in [6.07, 6.45) is 7.59. The number of fused-ring (bicyclic) bond motifs is 2. The van der Waals surface area contributed by atoms with Gasteiger partial charge in [0.1, 0.15) is 5.60 Å². The van der Waals surface area contributed by atoms with Crippen LogP contribution in [0.1, 0.15) is 65.7 Å². The van der Waals surface area contributed by atoms with Crippen molar-refractivity contribution in [3.63, 3.8) is 0 Å². The lowest BCUT2D eigenvalue weighted by atomic mass is 9.74. The van der Waals surface area contributed by atoms with Crippen LogP contribution in [-0.2, 0) is 4.74 Å². The van der Waals surface area contributed by atoms with Gasteiger partial charge in [-0.25, -0.2) is 4.79 Å². The Morgan fingerprint density at radius 3 is 2.43 bits per heavy atom. The van der Waals surface area contributed by atoms with Gasteiger partial charge in [0.2, 0.25) is 0 Å². The number of hydrogen-bond acceptors (Lipinski definition) is 3. The molecular weight excluding hydrogens is 266 g/mol. The van der Waals surface area contributed by atoms with Crippen molar-refractivity contribution >= 4 is 6.09 Å². The van der Waals surface area contributed by atoms with Crippen LogP contribution in [0, 0.1) is 0 Å². The Balaban J connectivity index is 2.09. The van der Waals surface area contributed by atoms with Crippen molar-refractivity contribution < 1.29 is 14.6 Å². The topological polar surface area (TPSA) is 49.8 Å². The number of hydrogen-bond donors (Lipinski definition) is 1. The first kappa shape index (κ1) is 16.3. The van der Waals surface area contributed by atoms with Gasteiger partial charge in [0, 0.05) is 12.1 Å². The Kier molecular flexibility index (Phi) is 4.66. The van der Waals surface area contributed by atoms with Crippen molar-refractivity contribution in [2.45, 2.75) is 89.0 Å². The van der Waals surface area contributed by atoms with E-state index in [0.717, 1.165) is 32.1 Å². The predicted molar refractivity (Wildman–Crippen MR) is 83.1 cm³/mol. The molecule has 2 atom stereocenters. The fourth-order valence-electron chi connectivity index (χ4n) is 3.71. The van der Waals surface area contributed by atoms with Crippen LogP contribution >= 0.6 is 0 Å². The number of aliphatic hydroxyl groups is 1. The second-order valence-corrected chi connectivity index (χ2v) is 7.59. The van der Waals surface area contributed by atoms with Crippen LogP contribution < -0.4 is 0 Å². The second-order valence-electron chi connectivity index (χ2n) is 7.59. The quantitative estimate of drug-likeness (QED) is 0.809. The van der Waals surface area contributed by atoms with Crippen LogP contribution in [-0.4, -0.2) is 39.4 Å². The van der Waals surface area contributed by atoms with Gasteiger partial charge in [-0.2, -0.15) is 0 Å². The third-order valence-electron chi connectivity index (χ3n) is 4.51. The molecule has 0 radical (unpaired) electrons. The maximum atomic E-state index is 12.5. The number of nitrogens with zero attached hydrogens (tertiary/aromatic N) is 1. The van der Waals surface area contributed by atoms with Gasteiger partial charge in [0.15, 0.2) is 0 Å². The molecule has 2 fully saturated rings. The summed E-state index contributed by atoms with van der Waals surface area (Å²) in [5, 5.41) is 10.8. The van der Waals surface area contributed by atoms with Crippen molar-refractivity contribution in [1.82, 2.24) is 4.90 Å². The minimum Gasteiger partial charge on any atom is -0.444 e. The molecular formula is C17H29NO3. The molecule has 2 aliphatic heterocycles. The Morgan fingerprint density at radius 1 is 1.38 bits per heavy atom. The van der Waals surface area contributed by atoms with Crippen LogP contribution in [0.4, 0.5) is 4.79 Å². The molecule has 2 saturated heterocycles. The molecule has 4 heteroatoms. The molecule has 4 nitrogen and oxygen atoms in total. The van der Waals surface area contributed by atoms with Gasteiger partial charge in [0.05, 0.1) is 5.60 Å². The average molecular weight is 295 g/mol. The van der Waals surface area contributed by atoms with Crippen molar-refractivity contribution in [2.75, 3.05) is 0 Å². The van der Waals surface area contributed by atoms with E-state index in [9.17, 15) is 9.90 Å². The van der Waals surface area contributed by atoms with Crippen molar-refractivity contribution in [3.05, 3.63) is 12.7 Å². The van der Waals surface area contributed by atoms with E-state index in [1.165, 1.54) is 0 Å².